The van der Waals surface area contributed by atoms with Gasteiger partial charge in [-0.05, 0) is 30.3 Å². The summed E-state index contributed by atoms with van der Waals surface area (Å²) < 4.78 is 10.6. The number of pyridine rings is 1. The number of nitrogens with one attached hydrogen (secondary N) is 1. The quantitative estimate of drug-likeness (QED) is 0.589. The van der Waals surface area contributed by atoms with E-state index in [1.165, 1.54) is 0 Å². The normalized spacial score (nSPS) is 14.2. The number of H-pyrrole nitrogens is 1. The molecule has 0 aliphatic carbocycles. The maximum Gasteiger partial charge on any atom is 0.270 e. The van der Waals surface area contributed by atoms with Gasteiger partial charge in [0.15, 0.2) is 0 Å². The molecule has 1 fully saturated rings. The Morgan fingerprint density at radius 2 is 2.18 bits per heavy atom. The van der Waals surface area contributed by atoms with Gasteiger partial charge in [-0.3, -0.25) is 9.78 Å². The highest BCUT2D eigenvalue weighted by molar-refractivity contribution is 5.98. The number of nitrogens with zero attached hydrogens (tertiary/aromatic N) is 4. The fourth-order valence-electron chi connectivity index (χ4n) is 3.33. The van der Waals surface area contributed by atoms with Gasteiger partial charge in [0.05, 0.1) is 13.0 Å². The lowest BCUT2D eigenvalue weighted by atomic mass is 9.99. The Bertz CT molecular complexity index is 1150. The van der Waals surface area contributed by atoms with Crippen LogP contribution in [0.2, 0.25) is 0 Å². The number of aromatic nitrogens is 4. The van der Waals surface area contributed by atoms with Crippen molar-refractivity contribution in [3.63, 3.8) is 0 Å². The van der Waals surface area contributed by atoms with Crippen LogP contribution in [0.25, 0.3) is 22.3 Å². The SMILES string of the molecule is COc1ccc2cc(C(=O)N3CC(c4nc(-c5cccnc5)no4)C3)[nH]c2c1. The Labute approximate surface area is 160 Å². The third-order valence-corrected chi connectivity index (χ3v) is 4.94. The molecular formula is C20H17N5O3. The number of carbonyl (C=O) groups is 1. The molecule has 4 aromatic rings. The second kappa shape index (κ2) is 6.49. The van der Waals surface area contributed by atoms with Crippen LogP contribution in [0.15, 0.2) is 53.3 Å². The predicted molar refractivity (Wildman–Crippen MR) is 101 cm³/mol. The first kappa shape index (κ1) is 16.5. The first-order chi connectivity index (χ1) is 13.7. The number of hydrogen-bond donors (Lipinski definition) is 1. The number of ether oxygens (including phenoxy) is 1. The van der Waals surface area contributed by atoms with Gasteiger partial charge in [0.25, 0.3) is 5.91 Å². The van der Waals surface area contributed by atoms with Gasteiger partial charge < -0.3 is 19.1 Å². The molecule has 0 spiro atoms. The van der Waals surface area contributed by atoms with E-state index < -0.39 is 0 Å². The van der Waals surface area contributed by atoms with Crippen molar-refractivity contribution < 1.29 is 14.1 Å². The van der Waals surface area contributed by atoms with E-state index in [-0.39, 0.29) is 11.8 Å². The van der Waals surface area contributed by atoms with E-state index >= 15 is 0 Å². The van der Waals surface area contributed by atoms with Gasteiger partial charge in [-0.15, -0.1) is 0 Å². The minimum absolute atomic E-state index is 0.0431. The number of carbonyl (C=O) groups excluding carboxylic acids is 1. The minimum atomic E-state index is -0.0431. The zero-order valence-corrected chi connectivity index (χ0v) is 15.1. The number of hydrogen-bond acceptors (Lipinski definition) is 6. The Morgan fingerprint density at radius 1 is 1.29 bits per heavy atom. The van der Waals surface area contributed by atoms with Crippen LogP contribution < -0.4 is 4.74 Å². The van der Waals surface area contributed by atoms with E-state index in [2.05, 4.69) is 20.1 Å². The highest BCUT2D eigenvalue weighted by Gasteiger charge is 2.36. The monoisotopic (exact) mass is 375 g/mol. The smallest absolute Gasteiger partial charge is 0.270 e. The van der Waals surface area contributed by atoms with Gasteiger partial charge in [0.1, 0.15) is 11.4 Å². The molecule has 8 nitrogen and oxygen atoms in total. The molecule has 1 aromatic carbocycles. The van der Waals surface area contributed by atoms with E-state index in [1.807, 2.05) is 36.4 Å². The maximum atomic E-state index is 12.7. The first-order valence-corrected chi connectivity index (χ1v) is 8.91. The molecule has 28 heavy (non-hydrogen) atoms. The van der Waals surface area contributed by atoms with Crippen molar-refractivity contribution in [1.82, 2.24) is 25.0 Å². The van der Waals surface area contributed by atoms with Gasteiger partial charge in [-0.25, -0.2) is 0 Å². The van der Waals surface area contributed by atoms with Crippen LogP contribution in [0.1, 0.15) is 22.3 Å². The Kier molecular flexibility index (Phi) is 3.82. The maximum absolute atomic E-state index is 12.7. The average Bonchev–Trinajstić information content (AvgIpc) is 3.34. The molecule has 1 N–H and O–H groups in total. The molecule has 0 unspecified atom stereocenters. The molecule has 1 aliphatic heterocycles. The highest BCUT2D eigenvalue weighted by atomic mass is 16.5. The fraction of sp³-hybridized carbons (Fsp3) is 0.200. The molecule has 8 heteroatoms. The lowest BCUT2D eigenvalue weighted by Gasteiger charge is -2.36. The van der Waals surface area contributed by atoms with Gasteiger partial charge in [0, 0.05) is 48.0 Å². The Morgan fingerprint density at radius 3 is 2.96 bits per heavy atom. The summed E-state index contributed by atoms with van der Waals surface area (Å²) in [4.78, 5) is 26.2. The second-order valence-electron chi connectivity index (χ2n) is 6.74. The first-order valence-electron chi connectivity index (χ1n) is 8.91. The third-order valence-electron chi connectivity index (χ3n) is 4.94. The van der Waals surface area contributed by atoms with Crippen molar-refractivity contribution >= 4 is 16.8 Å². The van der Waals surface area contributed by atoms with E-state index in [4.69, 9.17) is 9.26 Å². The predicted octanol–water partition coefficient (Wildman–Crippen LogP) is 2.86. The van der Waals surface area contributed by atoms with Crippen molar-refractivity contribution in [2.45, 2.75) is 5.92 Å². The van der Waals surface area contributed by atoms with Crippen LogP contribution >= 0.6 is 0 Å². The Balaban J connectivity index is 1.28. The summed E-state index contributed by atoms with van der Waals surface area (Å²) >= 11 is 0. The summed E-state index contributed by atoms with van der Waals surface area (Å²) in [5.74, 6) is 1.81. The third kappa shape index (κ3) is 2.79. The number of benzene rings is 1. The van der Waals surface area contributed by atoms with E-state index in [9.17, 15) is 4.79 Å². The molecule has 0 atom stereocenters. The molecule has 1 amide bonds. The highest BCUT2D eigenvalue weighted by Crippen LogP contribution is 2.29. The van der Waals surface area contributed by atoms with Crippen LogP contribution in [0, 0.1) is 0 Å². The average molecular weight is 375 g/mol. The summed E-state index contributed by atoms with van der Waals surface area (Å²) in [7, 11) is 1.62. The van der Waals surface area contributed by atoms with Crippen LogP contribution in [-0.2, 0) is 0 Å². The van der Waals surface area contributed by atoms with Crippen molar-refractivity contribution in [1.29, 1.82) is 0 Å². The molecule has 4 heterocycles. The van der Waals surface area contributed by atoms with Gasteiger partial charge in [-0.2, -0.15) is 4.98 Å². The van der Waals surface area contributed by atoms with E-state index in [0.717, 1.165) is 22.2 Å². The van der Waals surface area contributed by atoms with Gasteiger partial charge in [-0.1, -0.05) is 5.16 Å². The number of rotatable bonds is 4. The number of fused-ring (bicyclic) bond motifs is 1. The van der Waals surface area contributed by atoms with Gasteiger partial charge >= 0.3 is 0 Å². The summed E-state index contributed by atoms with van der Waals surface area (Å²) in [5.41, 5.74) is 2.24. The van der Waals surface area contributed by atoms with E-state index in [1.54, 1.807) is 24.4 Å². The number of amides is 1. The lowest BCUT2D eigenvalue weighted by molar-refractivity contribution is 0.0564. The Hall–Kier alpha value is -3.68. The molecule has 0 saturated carbocycles. The lowest BCUT2D eigenvalue weighted by Crippen LogP contribution is -2.48. The largest absolute Gasteiger partial charge is 0.497 e. The van der Waals surface area contributed by atoms with Crippen molar-refractivity contribution in [3.05, 3.63) is 60.4 Å². The molecular weight excluding hydrogens is 358 g/mol. The standard InChI is InChI=1S/C20H17N5O3/c1-27-15-5-4-12-7-17(22-16(12)8-15)20(26)25-10-14(11-25)19-23-18(24-28-19)13-3-2-6-21-9-13/h2-9,14,22H,10-11H2,1H3. The fourth-order valence-corrected chi connectivity index (χ4v) is 3.33. The molecule has 1 saturated heterocycles. The second-order valence-corrected chi connectivity index (χ2v) is 6.74. The summed E-state index contributed by atoms with van der Waals surface area (Å²) in [6.07, 6.45) is 3.39. The molecule has 5 rings (SSSR count). The van der Waals surface area contributed by atoms with Crippen LogP contribution in [-0.4, -0.2) is 51.1 Å². The summed E-state index contributed by atoms with van der Waals surface area (Å²) in [6, 6.07) is 11.2. The zero-order valence-electron chi connectivity index (χ0n) is 15.1. The summed E-state index contributed by atoms with van der Waals surface area (Å²) in [5, 5.41) is 4.99. The number of aromatic amines is 1. The number of likely N-dealkylation sites (tertiary alicyclic amines) is 1. The van der Waals surface area contributed by atoms with Gasteiger partial charge in [0.2, 0.25) is 11.7 Å². The van der Waals surface area contributed by atoms with Crippen molar-refractivity contribution in [2.24, 2.45) is 0 Å². The van der Waals surface area contributed by atoms with E-state index in [0.29, 0.717) is 30.5 Å². The molecule has 0 bridgehead atoms. The summed E-state index contributed by atoms with van der Waals surface area (Å²) in [6.45, 7) is 1.10. The van der Waals surface area contributed by atoms with Crippen LogP contribution in [0.5, 0.6) is 5.75 Å². The zero-order chi connectivity index (χ0) is 19.1. The minimum Gasteiger partial charge on any atom is -0.497 e. The molecule has 140 valence electrons. The van der Waals surface area contributed by atoms with Crippen LogP contribution in [0.4, 0.5) is 0 Å². The number of methoxy groups -OCH3 is 1. The molecule has 1 aliphatic rings. The molecule has 3 aromatic heterocycles. The van der Waals surface area contributed by atoms with Crippen molar-refractivity contribution in [2.75, 3.05) is 20.2 Å². The topological polar surface area (TPSA) is 97.1 Å². The van der Waals surface area contributed by atoms with Crippen LogP contribution in [0.3, 0.4) is 0 Å². The van der Waals surface area contributed by atoms with Crippen molar-refractivity contribution in [3.8, 4) is 17.1 Å². The molecule has 0 radical (unpaired) electrons.